The number of benzene rings is 1. The van der Waals surface area contributed by atoms with Crippen molar-refractivity contribution in [1.82, 2.24) is 14.8 Å². The SMILES string of the molecule is CCN1CCN(C(=O)/C=C/c2nc3ccccc3s2)CC1. The Morgan fingerprint density at radius 1 is 1.29 bits per heavy atom. The fourth-order valence-corrected chi connectivity index (χ4v) is 3.36. The van der Waals surface area contributed by atoms with E-state index in [4.69, 9.17) is 0 Å². The smallest absolute Gasteiger partial charge is 0.246 e. The van der Waals surface area contributed by atoms with E-state index in [1.165, 1.54) is 0 Å². The van der Waals surface area contributed by atoms with Crippen LogP contribution in [0.5, 0.6) is 0 Å². The van der Waals surface area contributed by atoms with Gasteiger partial charge in [-0.1, -0.05) is 19.1 Å². The van der Waals surface area contributed by atoms with Gasteiger partial charge in [-0.2, -0.15) is 0 Å². The van der Waals surface area contributed by atoms with Crippen molar-refractivity contribution in [2.45, 2.75) is 6.92 Å². The van der Waals surface area contributed by atoms with Crippen molar-refractivity contribution in [2.75, 3.05) is 32.7 Å². The van der Waals surface area contributed by atoms with E-state index in [0.717, 1.165) is 47.9 Å². The molecule has 1 fully saturated rings. The molecule has 0 saturated carbocycles. The Bertz CT molecular complexity index is 623. The lowest BCUT2D eigenvalue weighted by Gasteiger charge is -2.33. The highest BCUT2D eigenvalue weighted by atomic mass is 32.1. The Kier molecular flexibility index (Phi) is 4.31. The average molecular weight is 301 g/mol. The van der Waals surface area contributed by atoms with Crippen LogP contribution >= 0.6 is 11.3 Å². The molecule has 1 amide bonds. The van der Waals surface area contributed by atoms with Crippen LogP contribution in [0.2, 0.25) is 0 Å². The van der Waals surface area contributed by atoms with Gasteiger partial charge in [-0.05, 0) is 24.8 Å². The molecule has 0 radical (unpaired) electrons. The molecule has 2 heterocycles. The van der Waals surface area contributed by atoms with Crippen molar-refractivity contribution in [3.05, 3.63) is 35.3 Å². The highest BCUT2D eigenvalue weighted by Crippen LogP contribution is 2.22. The molecule has 110 valence electrons. The van der Waals surface area contributed by atoms with Crippen LogP contribution in [0.4, 0.5) is 0 Å². The van der Waals surface area contributed by atoms with Crippen LogP contribution in [0, 0.1) is 0 Å². The predicted octanol–water partition coefficient (Wildman–Crippen LogP) is 2.47. The van der Waals surface area contributed by atoms with Gasteiger partial charge in [-0.25, -0.2) is 4.98 Å². The van der Waals surface area contributed by atoms with Crippen molar-refractivity contribution >= 4 is 33.5 Å². The molecule has 21 heavy (non-hydrogen) atoms. The van der Waals surface area contributed by atoms with E-state index in [2.05, 4.69) is 22.9 Å². The summed E-state index contributed by atoms with van der Waals surface area (Å²) in [6.45, 7) is 6.79. The van der Waals surface area contributed by atoms with Crippen LogP contribution in [-0.2, 0) is 4.79 Å². The van der Waals surface area contributed by atoms with Crippen molar-refractivity contribution in [2.24, 2.45) is 0 Å². The average Bonchev–Trinajstić information content (AvgIpc) is 2.95. The standard InChI is InChI=1S/C16H19N3OS/c1-2-18-9-11-19(12-10-18)16(20)8-7-15-17-13-5-3-4-6-14(13)21-15/h3-8H,2,9-12H2,1H3/b8-7+. The number of para-hydroxylation sites is 1. The van der Waals surface area contributed by atoms with Crippen molar-refractivity contribution in [3.63, 3.8) is 0 Å². The zero-order valence-electron chi connectivity index (χ0n) is 12.2. The summed E-state index contributed by atoms with van der Waals surface area (Å²) in [5, 5.41) is 0.886. The third kappa shape index (κ3) is 3.31. The normalized spacial score (nSPS) is 16.9. The van der Waals surface area contributed by atoms with Gasteiger partial charge in [0.1, 0.15) is 5.01 Å². The Hall–Kier alpha value is -1.72. The Morgan fingerprint density at radius 3 is 2.76 bits per heavy atom. The molecule has 1 aliphatic rings. The largest absolute Gasteiger partial charge is 0.337 e. The molecule has 1 aromatic heterocycles. The fraction of sp³-hybridized carbons (Fsp3) is 0.375. The van der Waals surface area contributed by atoms with Gasteiger partial charge >= 0.3 is 0 Å². The predicted molar refractivity (Wildman–Crippen MR) is 87.3 cm³/mol. The van der Waals surface area contributed by atoms with Crippen LogP contribution < -0.4 is 0 Å². The van der Waals surface area contributed by atoms with E-state index in [0.29, 0.717) is 0 Å². The quantitative estimate of drug-likeness (QED) is 0.817. The number of rotatable bonds is 3. The zero-order chi connectivity index (χ0) is 14.7. The van der Waals surface area contributed by atoms with E-state index < -0.39 is 0 Å². The number of thiazole rings is 1. The number of aromatic nitrogens is 1. The van der Waals surface area contributed by atoms with Gasteiger partial charge < -0.3 is 9.80 Å². The van der Waals surface area contributed by atoms with Crippen molar-refractivity contribution < 1.29 is 4.79 Å². The lowest BCUT2D eigenvalue weighted by molar-refractivity contribution is -0.127. The summed E-state index contributed by atoms with van der Waals surface area (Å²) >= 11 is 1.61. The van der Waals surface area contributed by atoms with Gasteiger partial charge in [0.15, 0.2) is 0 Å². The molecule has 3 rings (SSSR count). The van der Waals surface area contributed by atoms with Gasteiger partial charge in [0.05, 0.1) is 10.2 Å². The molecule has 1 saturated heterocycles. The molecule has 2 aromatic rings. The van der Waals surface area contributed by atoms with Crippen LogP contribution in [0.1, 0.15) is 11.9 Å². The second-order valence-electron chi connectivity index (χ2n) is 5.11. The lowest BCUT2D eigenvalue weighted by atomic mass is 10.3. The Balaban J connectivity index is 1.64. The highest BCUT2D eigenvalue weighted by molar-refractivity contribution is 7.19. The molecule has 5 heteroatoms. The van der Waals surface area contributed by atoms with Crippen LogP contribution in [0.25, 0.3) is 16.3 Å². The van der Waals surface area contributed by atoms with E-state index in [1.807, 2.05) is 29.2 Å². The first-order valence-electron chi connectivity index (χ1n) is 7.31. The first kappa shape index (κ1) is 14.2. The monoisotopic (exact) mass is 301 g/mol. The number of nitrogens with zero attached hydrogens (tertiary/aromatic N) is 3. The first-order valence-corrected chi connectivity index (χ1v) is 8.13. The minimum absolute atomic E-state index is 0.0880. The summed E-state index contributed by atoms with van der Waals surface area (Å²) in [5.74, 6) is 0.0880. The van der Waals surface area contributed by atoms with Gasteiger partial charge in [0.25, 0.3) is 0 Å². The third-order valence-electron chi connectivity index (χ3n) is 3.81. The maximum atomic E-state index is 12.2. The van der Waals surface area contributed by atoms with E-state index in [9.17, 15) is 4.79 Å². The fourth-order valence-electron chi connectivity index (χ4n) is 2.49. The lowest BCUT2D eigenvalue weighted by Crippen LogP contribution is -2.48. The maximum absolute atomic E-state index is 12.2. The summed E-state index contributed by atoms with van der Waals surface area (Å²) in [4.78, 5) is 21.0. The summed E-state index contributed by atoms with van der Waals surface area (Å²) < 4.78 is 1.15. The minimum atomic E-state index is 0.0880. The van der Waals surface area contributed by atoms with E-state index in [-0.39, 0.29) is 5.91 Å². The molecule has 4 nitrogen and oxygen atoms in total. The van der Waals surface area contributed by atoms with Crippen LogP contribution in [0.15, 0.2) is 30.3 Å². The van der Waals surface area contributed by atoms with Crippen molar-refractivity contribution in [3.8, 4) is 0 Å². The first-order chi connectivity index (χ1) is 10.3. The number of likely N-dealkylation sites (N-methyl/N-ethyl adjacent to an activating group) is 1. The number of amides is 1. The second kappa shape index (κ2) is 6.37. The van der Waals surface area contributed by atoms with Gasteiger partial charge in [-0.3, -0.25) is 4.79 Å². The van der Waals surface area contributed by atoms with E-state index in [1.54, 1.807) is 17.4 Å². The number of carbonyl (C=O) groups excluding carboxylic acids is 1. The molecule has 0 aliphatic carbocycles. The van der Waals surface area contributed by atoms with Crippen LogP contribution in [0.3, 0.4) is 0 Å². The Morgan fingerprint density at radius 2 is 2.05 bits per heavy atom. The summed E-state index contributed by atoms with van der Waals surface area (Å²) in [6, 6.07) is 8.03. The number of fused-ring (bicyclic) bond motifs is 1. The molecule has 1 aliphatic heterocycles. The molecule has 0 N–H and O–H groups in total. The van der Waals surface area contributed by atoms with Crippen molar-refractivity contribution in [1.29, 1.82) is 0 Å². The molecular weight excluding hydrogens is 282 g/mol. The molecule has 0 spiro atoms. The number of carbonyl (C=O) groups is 1. The summed E-state index contributed by atoms with van der Waals surface area (Å²) in [6.07, 6.45) is 3.48. The minimum Gasteiger partial charge on any atom is -0.337 e. The molecule has 0 atom stereocenters. The number of hydrogen-bond donors (Lipinski definition) is 0. The molecule has 1 aromatic carbocycles. The van der Waals surface area contributed by atoms with E-state index >= 15 is 0 Å². The molecular formula is C16H19N3OS. The third-order valence-corrected chi connectivity index (χ3v) is 4.81. The second-order valence-corrected chi connectivity index (χ2v) is 6.17. The topological polar surface area (TPSA) is 36.4 Å². The summed E-state index contributed by atoms with van der Waals surface area (Å²) in [7, 11) is 0. The molecule has 0 bridgehead atoms. The van der Waals surface area contributed by atoms with Gasteiger partial charge in [0, 0.05) is 32.3 Å². The highest BCUT2D eigenvalue weighted by Gasteiger charge is 2.18. The van der Waals surface area contributed by atoms with Gasteiger partial charge in [0.2, 0.25) is 5.91 Å². The van der Waals surface area contributed by atoms with Crippen LogP contribution in [-0.4, -0.2) is 53.4 Å². The van der Waals surface area contributed by atoms with Gasteiger partial charge in [-0.15, -0.1) is 11.3 Å². The summed E-state index contributed by atoms with van der Waals surface area (Å²) in [5.41, 5.74) is 0.992. The number of piperazine rings is 1. The maximum Gasteiger partial charge on any atom is 0.246 e. The molecule has 0 unspecified atom stereocenters. The number of hydrogen-bond acceptors (Lipinski definition) is 4. The Labute approximate surface area is 128 Å². The zero-order valence-corrected chi connectivity index (χ0v) is 13.0.